The second-order valence-corrected chi connectivity index (χ2v) is 10.8. The zero-order valence-corrected chi connectivity index (χ0v) is 21.6. The maximum Gasteiger partial charge on any atom is 0.336 e. The molecular weight excluding hydrogens is 441 g/mol. The van der Waals surface area contributed by atoms with E-state index in [2.05, 4.69) is 5.32 Å². The van der Waals surface area contributed by atoms with Gasteiger partial charge in [0.2, 0.25) is 7.37 Å². The summed E-state index contributed by atoms with van der Waals surface area (Å²) < 4.78 is 29.6. The average molecular weight is 482 g/mol. The Balaban J connectivity index is 2.77. The Morgan fingerprint density at radius 2 is 1.67 bits per heavy atom. The smallest absolute Gasteiger partial charge is 0.336 e. The van der Waals surface area contributed by atoms with E-state index in [0.717, 1.165) is 5.56 Å². The van der Waals surface area contributed by atoms with Gasteiger partial charge in [-0.1, -0.05) is 44.2 Å². The van der Waals surface area contributed by atoms with Crippen LogP contribution in [0.3, 0.4) is 0 Å². The topological polar surface area (TPSA) is 90.9 Å². The first-order chi connectivity index (χ1) is 15.7. The average Bonchev–Trinajstić information content (AvgIpc) is 2.77. The summed E-state index contributed by atoms with van der Waals surface area (Å²) in [6, 6.07) is 9.55. The summed E-state index contributed by atoms with van der Waals surface area (Å²) in [4.78, 5) is 24.7. The third-order valence-electron chi connectivity index (χ3n) is 4.89. The molecule has 0 fully saturated rings. The van der Waals surface area contributed by atoms with Crippen molar-refractivity contribution in [3.63, 3.8) is 0 Å². The predicted octanol–water partition coefficient (Wildman–Crippen LogP) is 5.30. The van der Waals surface area contributed by atoms with E-state index in [-0.39, 0.29) is 31.3 Å². The highest BCUT2D eigenvalue weighted by Crippen LogP contribution is 2.50. The van der Waals surface area contributed by atoms with Crippen molar-refractivity contribution in [1.29, 1.82) is 0 Å². The molecule has 1 aromatic carbocycles. The van der Waals surface area contributed by atoms with Gasteiger partial charge in [0.1, 0.15) is 6.61 Å². The predicted molar refractivity (Wildman–Crippen MR) is 131 cm³/mol. The summed E-state index contributed by atoms with van der Waals surface area (Å²) in [6.45, 7) is 8.32. The first-order valence-electron chi connectivity index (χ1n) is 11.7. The van der Waals surface area contributed by atoms with Crippen molar-refractivity contribution in [1.82, 2.24) is 5.32 Å². The number of carbonyl (C=O) groups excluding carboxylic acids is 2. The number of unbranched alkanes of at least 4 members (excludes halogenated alkanes) is 1. The van der Waals surface area contributed by atoms with Gasteiger partial charge in [0.15, 0.2) is 0 Å². The Morgan fingerprint density at radius 1 is 1.00 bits per heavy atom. The zero-order chi connectivity index (χ0) is 24.7. The minimum absolute atomic E-state index is 0.0349. The van der Waals surface area contributed by atoms with Crippen LogP contribution in [0.1, 0.15) is 58.9 Å². The van der Waals surface area contributed by atoms with Gasteiger partial charge < -0.3 is 19.3 Å². The molecule has 0 aromatic heterocycles. The van der Waals surface area contributed by atoms with Crippen LogP contribution in [-0.2, 0) is 34.8 Å². The van der Waals surface area contributed by atoms with E-state index in [1.807, 2.05) is 44.2 Å². The van der Waals surface area contributed by atoms with E-state index in [0.29, 0.717) is 49.7 Å². The molecule has 8 heteroatoms. The largest absolute Gasteiger partial charge is 0.463 e. The normalized spacial score (nSPS) is 13.8. The number of hydrogen-bond donors (Lipinski definition) is 1. The van der Waals surface area contributed by atoms with Crippen LogP contribution in [0.5, 0.6) is 0 Å². The molecule has 0 heterocycles. The van der Waals surface area contributed by atoms with Crippen LogP contribution in [0.25, 0.3) is 0 Å². The van der Waals surface area contributed by atoms with Crippen molar-refractivity contribution >= 4 is 19.3 Å². The Morgan fingerprint density at radius 3 is 2.24 bits per heavy atom. The van der Waals surface area contributed by atoms with Gasteiger partial charge in [-0.05, 0) is 44.6 Å². The molecule has 0 saturated heterocycles. The molecule has 0 radical (unpaired) electrons. The maximum absolute atomic E-state index is 13.4. The van der Waals surface area contributed by atoms with Crippen LogP contribution in [-0.4, -0.2) is 44.5 Å². The van der Waals surface area contributed by atoms with Gasteiger partial charge in [-0.3, -0.25) is 9.36 Å². The molecule has 1 N–H and O–H groups in total. The van der Waals surface area contributed by atoms with Crippen LogP contribution in [0.15, 0.2) is 41.6 Å². The highest BCUT2D eigenvalue weighted by molar-refractivity contribution is 7.59. The Hall–Kier alpha value is -2.11. The molecule has 0 saturated carbocycles. The molecule has 0 aliphatic heterocycles. The van der Waals surface area contributed by atoms with Gasteiger partial charge in [-0.2, -0.15) is 0 Å². The minimum atomic E-state index is -3.04. The summed E-state index contributed by atoms with van der Waals surface area (Å²) in [5.41, 5.74) is 1.99. The Labute approximate surface area is 198 Å². The molecule has 1 unspecified atom stereocenters. The number of carbonyl (C=O) groups is 2. The molecule has 1 atom stereocenters. The van der Waals surface area contributed by atoms with Gasteiger partial charge in [0.25, 0.3) is 0 Å². The summed E-state index contributed by atoms with van der Waals surface area (Å²) >= 11 is 0. The van der Waals surface area contributed by atoms with E-state index in [9.17, 15) is 14.2 Å². The molecule has 7 nitrogen and oxygen atoms in total. The highest BCUT2D eigenvalue weighted by atomic mass is 31.2. The molecule has 33 heavy (non-hydrogen) atoms. The van der Waals surface area contributed by atoms with Crippen LogP contribution < -0.4 is 5.32 Å². The van der Waals surface area contributed by atoms with Gasteiger partial charge in [0, 0.05) is 25.3 Å². The van der Waals surface area contributed by atoms with Crippen molar-refractivity contribution in [2.24, 2.45) is 5.92 Å². The number of ether oxygens (including phenoxy) is 2. The number of esters is 2. The number of allylic oxidation sites excluding steroid dienone is 1. The lowest BCUT2D eigenvalue weighted by Gasteiger charge is -2.22. The molecule has 0 aliphatic carbocycles. The van der Waals surface area contributed by atoms with Crippen LogP contribution in [0, 0.1) is 5.92 Å². The molecule has 1 aromatic rings. The fourth-order valence-electron chi connectivity index (χ4n) is 3.50. The summed E-state index contributed by atoms with van der Waals surface area (Å²) in [6.07, 6.45) is 2.54. The molecule has 1 rings (SSSR count). The van der Waals surface area contributed by atoms with Gasteiger partial charge >= 0.3 is 11.9 Å². The number of hydrogen-bond acceptors (Lipinski definition) is 7. The first-order valence-corrected chi connectivity index (χ1v) is 13.7. The van der Waals surface area contributed by atoms with Crippen molar-refractivity contribution in [2.75, 3.05) is 32.6 Å². The fraction of sp³-hybridized carbons (Fsp3) is 0.600. The monoisotopic (exact) mass is 481 g/mol. The molecule has 0 aliphatic rings. The van der Waals surface area contributed by atoms with Crippen molar-refractivity contribution < 1.29 is 28.2 Å². The first kappa shape index (κ1) is 28.9. The summed E-state index contributed by atoms with van der Waals surface area (Å²) in [5, 5.41) is 3.08. The third-order valence-corrected chi connectivity index (χ3v) is 7.71. The lowest BCUT2D eigenvalue weighted by atomic mass is 10.1. The lowest BCUT2D eigenvalue weighted by Crippen LogP contribution is -2.21. The number of benzene rings is 1. The van der Waals surface area contributed by atoms with E-state index in [4.69, 9.17) is 14.0 Å². The fourth-order valence-corrected chi connectivity index (χ4v) is 6.22. The van der Waals surface area contributed by atoms with Gasteiger partial charge in [-0.15, -0.1) is 0 Å². The van der Waals surface area contributed by atoms with E-state index >= 15 is 0 Å². The van der Waals surface area contributed by atoms with Crippen LogP contribution in [0.2, 0.25) is 0 Å². The van der Waals surface area contributed by atoms with Crippen molar-refractivity contribution in [2.45, 2.75) is 60.0 Å². The third kappa shape index (κ3) is 11.5. The number of nitrogens with one attached hydrogen (secondary N) is 1. The van der Waals surface area contributed by atoms with Crippen LogP contribution >= 0.6 is 7.37 Å². The van der Waals surface area contributed by atoms with Crippen molar-refractivity contribution in [3.8, 4) is 0 Å². The van der Waals surface area contributed by atoms with Gasteiger partial charge in [-0.25, -0.2) is 4.79 Å². The quantitative estimate of drug-likeness (QED) is 0.148. The molecular formula is C25H40NO6P. The molecule has 0 bridgehead atoms. The van der Waals surface area contributed by atoms with E-state index in [1.165, 1.54) is 0 Å². The van der Waals surface area contributed by atoms with Crippen LogP contribution in [0.4, 0.5) is 0 Å². The Kier molecular flexibility index (Phi) is 13.7. The lowest BCUT2D eigenvalue weighted by molar-refractivity contribution is -0.145. The molecule has 0 amide bonds. The summed E-state index contributed by atoms with van der Waals surface area (Å²) in [5.74, 6) is -0.559. The van der Waals surface area contributed by atoms with E-state index in [1.54, 1.807) is 20.9 Å². The SMILES string of the molecule is CCOC(=O)/C(CP(=O)(CC(C)C)OCC)=C(\CCCCC(=O)OCc1ccccc1)NC. The maximum atomic E-state index is 13.4. The van der Waals surface area contributed by atoms with E-state index < -0.39 is 13.3 Å². The second kappa shape index (κ2) is 15.7. The Bertz CT molecular complexity index is 806. The zero-order valence-electron chi connectivity index (χ0n) is 20.7. The molecule has 186 valence electrons. The second-order valence-electron chi connectivity index (χ2n) is 8.25. The number of rotatable bonds is 16. The van der Waals surface area contributed by atoms with Crippen molar-refractivity contribution in [3.05, 3.63) is 47.2 Å². The minimum Gasteiger partial charge on any atom is -0.463 e. The standard InChI is InChI=1S/C25H40NO6P/c1-6-30-25(28)22(19-33(29,32-7-2)18-20(3)4)23(26-5)15-11-12-16-24(27)31-17-21-13-9-8-10-14-21/h8-10,13-14,20,26H,6-7,11-12,15-19H2,1-5H3/b23-22+. The highest BCUT2D eigenvalue weighted by Gasteiger charge is 2.30. The molecule has 0 spiro atoms. The van der Waals surface area contributed by atoms with Gasteiger partial charge in [0.05, 0.1) is 24.9 Å². The summed E-state index contributed by atoms with van der Waals surface area (Å²) in [7, 11) is -1.31.